The zero-order chi connectivity index (χ0) is 15.7. The molecule has 0 bridgehead atoms. The van der Waals surface area contributed by atoms with Crippen LogP contribution in [0.4, 0.5) is 0 Å². The number of hydrogen-bond donors (Lipinski definition) is 0. The van der Waals surface area contributed by atoms with E-state index in [1.165, 1.54) is 0 Å². The molecule has 1 saturated carbocycles. The maximum Gasteiger partial charge on any atom is 0.223 e. The van der Waals surface area contributed by atoms with E-state index in [1.807, 2.05) is 0 Å². The molecule has 2 aliphatic heterocycles. The molecule has 2 atom stereocenters. The van der Waals surface area contributed by atoms with Crippen molar-refractivity contribution >= 4 is 15.9 Å². The van der Waals surface area contributed by atoms with E-state index in [0.717, 1.165) is 44.9 Å². The number of piperidine rings is 2. The van der Waals surface area contributed by atoms with Crippen LogP contribution in [0, 0.1) is 5.92 Å². The third kappa shape index (κ3) is 3.32. The Balaban J connectivity index is 1.63. The van der Waals surface area contributed by atoms with Crippen LogP contribution in [-0.2, 0) is 14.8 Å². The quantitative estimate of drug-likeness (QED) is 0.701. The van der Waals surface area contributed by atoms with Gasteiger partial charge in [0.25, 0.3) is 0 Å². The van der Waals surface area contributed by atoms with Gasteiger partial charge in [-0.1, -0.05) is 19.8 Å². The Morgan fingerprint density at radius 3 is 2.59 bits per heavy atom. The van der Waals surface area contributed by atoms with Gasteiger partial charge in [0.05, 0.1) is 5.75 Å². The van der Waals surface area contributed by atoms with Gasteiger partial charge in [0.1, 0.15) is 0 Å². The van der Waals surface area contributed by atoms with Crippen LogP contribution in [0.15, 0.2) is 0 Å². The number of fused-ring (bicyclic) bond motifs is 1. The van der Waals surface area contributed by atoms with E-state index in [2.05, 4.69) is 11.8 Å². The summed E-state index contributed by atoms with van der Waals surface area (Å²) in [6, 6.07) is 0.740. The number of unbranched alkanes of at least 4 members (excludes halogenated alkanes) is 2. The third-order valence-electron chi connectivity index (χ3n) is 5.37. The highest BCUT2D eigenvalue weighted by Crippen LogP contribution is 2.39. The second kappa shape index (κ2) is 6.48. The SMILES string of the molecule is CCCCCS(=O)(=O)N1CC[C@H]2[C@@H](CCC(=O)N2C2CC2)C1. The molecule has 2 heterocycles. The average molecular weight is 328 g/mol. The lowest BCUT2D eigenvalue weighted by molar-refractivity contribution is -0.141. The monoisotopic (exact) mass is 328 g/mol. The fraction of sp³-hybridized carbons (Fsp3) is 0.938. The molecule has 126 valence electrons. The van der Waals surface area contributed by atoms with Crippen molar-refractivity contribution in [3.63, 3.8) is 0 Å². The Morgan fingerprint density at radius 2 is 1.91 bits per heavy atom. The molecule has 3 fully saturated rings. The summed E-state index contributed by atoms with van der Waals surface area (Å²) in [6.07, 6.45) is 7.31. The Morgan fingerprint density at radius 1 is 1.14 bits per heavy atom. The van der Waals surface area contributed by atoms with E-state index in [0.29, 0.717) is 37.4 Å². The number of carbonyl (C=O) groups is 1. The van der Waals surface area contributed by atoms with Gasteiger partial charge in [0.15, 0.2) is 0 Å². The lowest BCUT2D eigenvalue weighted by Crippen LogP contribution is -2.57. The van der Waals surface area contributed by atoms with E-state index in [9.17, 15) is 13.2 Å². The van der Waals surface area contributed by atoms with Gasteiger partial charge < -0.3 is 4.90 Å². The molecule has 3 rings (SSSR count). The highest BCUT2D eigenvalue weighted by Gasteiger charge is 2.46. The Hall–Kier alpha value is -0.620. The summed E-state index contributed by atoms with van der Waals surface area (Å²) in [6.45, 7) is 3.30. The van der Waals surface area contributed by atoms with Gasteiger partial charge in [-0.05, 0) is 38.0 Å². The maximum absolute atomic E-state index is 12.5. The smallest absolute Gasteiger partial charge is 0.223 e. The topological polar surface area (TPSA) is 57.7 Å². The normalized spacial score (nSPS) is 30.4. The van der Waals surface area contributed by atoms with Crippen molar-refractivity contribution in [3.8, 4) is 0 Å². The first-order valence-electron chi connectivity index (χ1n) is 8.82. The first kappa shape index (κ1) is 16.2. The van der Waals surface area contributed by atoms with E-state index in [4.69, 9.17) is 0 Å². The van der Waals surface area contributed by atoms with Crippen LogP contribution in [0.25, 0.3) is 0 Å². The predicted molar refractivity (Wildman–Crippen MR) is 85.9 cm³/mol. The summed E-state index contributed by atoms with van der Waals surface area (Å²) in [7, 11) is -3.11. The lowest BCUT2D eigenvalue weighted by atomic mass is 9.84. The molecule has 3 aliphatic rings. The van der Waals surface area contributed by atoms with E-state index >= 15 is 0 Å². The lowest BCUT2D eigenvalue weighted by Gasteiger charge is -2.46. The standard InChI is InChI=1S/C16H28N2O3S/c1-2-3-4-11-22(20,21)17-10-9-15-13(12-17)5-8-16(19)18(15)14-6-7-14/h13-15H,2-12H2,1H3/t13-,15-/m0/s1. The molecule has 22 heavy (non-hydrogen) atoms. The first-order valence-corrected chi connectivity index (χ1v) is 10.4. The Labute approximate surface area is 134 Å². The van der Waals surface area contributed by atoms with Crippen molar-refractivity contribution < 1.29 is 13.2 Å². The molecule has 0 unspecified atom stereocenters. The number of hydrogen-bond acceptors (Lipinski definition) is 3. The zero-order valence-electron chi connectivity index (χ0n) is 13.5. The Kier molecular flexibility index (Phi) is 4.78. The average Bonchev–Trinajstić information content (AvgIpc) is 3.31. The highest BCUT2D eigenvalue weighted by atomic mass is 32.2. The molecular formula is C16H28N2O3S. The van der Waals surface area contributed by atoms with E-state index < -0.39 is 10.0 Å². The maximum atomic E-state index is 12.5. The van der Waals surface area contributed by atoms with Gasteiger partial charge in [-0.3, -0.25) is 4.79 Å². The molecule has 1 aliphatic carbocycles. The molecule has 0 N–H and O–H groups in total. The summed E-state index contributed by atoms with van der Waals surface area (Å²) in [5.41, 5.74) is 0. The van der Waals surface area contributed by atoms with Crippen LogP contribution in [0.5, 0.6) is 0 Å². The van der Waals surface area contributed by atoms with Crippen molar-refractivity contribution in [2.75, 3.05) is 18.8 Å². The number of nitrogens with zero attached hydrogens (tertiary/aromatic N) is 2. The second-order valence-electron chi connectivity index (χ2n) is 7.07. The molecular weight excluding hydrogens is 300 g/mol. The molecule has 0 aromatic heterocycles. The molecule has 5 nitrogen and oxygen atoms in total. The summed E-state index contributed by atoms with van der Waals surface area (Å²) >= 11 is 0. The van der Waals surface area contributed by atoms with Gasteiger partial charge in [-0.15, -0.1) is 0 Å². The predicted octanol–water partition coefficient (Wildman–Crippen LogP) is 1.98. The minimum absolute atomic E-state index is 0.281. The molecule has 2 saturated heterocycles. The van der Waals surface area contributed by atoms with Crippen molar-refractivity contribution in [2.45, 2.75) is 70.4 Å². The summed E-state index contributed by atoms with van der Waals surface area (Å²) in [4.78, 5) is 14.3. The first-order chi connectivity index (χ1) is 10.5. The molecule has 0 spiro atoms. The minimum Gasteiger partial charge on any atom is -0.336 e. The molecule has 0 aromatic rings. The third-order valence-corrected chi connectivity index (χ3v) is 7.29. The second-order valence-corrected chi connectivity index (χ2v) is 9.16. The minimum atomic E-state index is -3.11. The van der Waals surface area contributed by atoms with Crippen LogP contribution in [-0.4, -0.2) is 54.5 Å². The van der Waals surface area contributed by atoms with Crippen molar-refractivity contribution in [1.82, 2.24) is 9.21 Å². The van der Waals surface area contributed by atoms with Gasteiger partial charge in [-0.25, -0.2) is 12.7 Å². The van der Waals surface area contributed by atoms with Gasteiger partial charge in [0, 0.05) is 31.6 Å². The zero-order valence-corrected chi connectivity index (χ0v) is 14.4. The molecule has 0 radical (unpaired) electrons. The number of rotatable bonds is 6. The van der Waals surface area contributed by atoms with Crippen LogP contribution >= 0.6 is 0 Å². The molecule has 1 amide bonds. The Bertz CT molecular complexity index is 515. The van der Waals surface area contributed by atoms with Crippen molar-refractivity contribution in [2.24, 2.45) is 5.92 Å². The summed E-state index contributed by atoms with van der Waals surface area (Å²) in [5.74, 6) is 0.916. The molecule has 6 heteroatoms. The van der Waals surface area contributed by atoms with Crippen LogP contribution in [0.1, 0.15) is 58.3 Å². The van der Waals surface area contributed by atoms with Gasteiger partial charge >= 0.3 is 0 Å². The van der Waals surface area contributed by atoms with Crippen LogP contribution < -0.4 is 0 Å². The molecule has 0 aromatic carbocycles. The van der Waals surface area contributed by atoms with Crippen molar-refractivity contribution in [3.05, 3.63) is 0 Å². The van der Waals surface area contributed by atoms with Crippen LogP contribution in [0.2, 0.25) is 0 Å². The fourth-order valence-electron chi connectivity index (χ4n) is 4.00. The highest BCUT2D eigenvalue weighted by molar-refractivity contribution is 7.89. The van der Waals surface area contributed by atoms with E-state index in [1.54, 1.807) is 4.31 Å². The van der Waals surface area contributed by atoms with Gasteiger partial charge in [0.2, 0.25) is 15.9 Å². The number of sulfonamides is 1. The largest absolute Gasteiger partial charge is 0.336 e. The fourth-order valence-corrected chi connectivity index (χ4v) is 5.63. The van der Waals surface area contributed by atoms with Crippen molar-refractivity contribution in [1.29, 1.82) is 0 Å². The number of likely N-dealkylation sites (tertiary alicyclic amines) is 1. The van der Waals surface area contributed by atoms with Gasteiger partial charge in [-0.2, -0.15) is 0 Å². The summed E-state index contributed by atoms with van der Waals surface area (Å²) in [5, 5.41) is 0. The van der Waals surface area contributed by atoms with Crippen LogP contribution in [0.3, 0.4) is 0 Å². The van der Waals surface area contributed by atoms with E-state index in [-0.39, 0.29) is 11.8 Å². The number of amides is 1. The summed E-state index contributed by atoms with van der Waals surface area (Å²) < 4.78 is 26.6. The number of carbonyl (C=O) groups excluding carboxylic acids is 1.